The summed E-state index contributed by atoms with van der Waals surface area (Å²) in [6.45, 7) is 4.76. The third-order valence-corrected chi connectivity index (χ3v) is 5.18. The summed E-state index contributed by atoms with van der Waals surface area (Å²) in [4.78, 5) is 24.1. The average Bonchev–Trinajstić information content (AvgIpc) is 2.61. The van der Waals surface area contributed by atoms with Crippen LogP contribution in [0.2, 0.25) is 0 Å². The van der Waals surface area contributed by atoms with E-state index in [4.69, 9.17) is 4.74 Å². The smallest absolute Gasteiger partial charge is 0.338 e. The van der Waals surface area contributed by atoms with E-state index in [9.17, 15) is 18.0 Å². The Morgan fingerprint density at radius 1 is 1.07 bits per heavy atom. The third-order valence-electron chi connectivity index (χ3n) is 3.52. The summed E-state index contributed by atoms with van der Waals surface area (Å²) in [5, 5.41) is 2.65. The maximum absolute atomic E-state index is 12.2. The molecule has 0 saturated carbocycles. The van der Waals surface area contributed by atoms with Crippen LogP contribution in [0.3, 0.4) is 0 Å². The van der Waals surface area contributed by atoms with Crippen molar-refractivity contribution in [2.45, 2.75) is 31.7 Å². The molecule has 0 aliphatic heterocycles. The molecule has 27 heavy (non-hydrogen) atoms. The number of hydrogen-bond acceptors (Lipinski definition) is 5. The predicted molar refractivity (Wildman–Crippen MR) is 102 cm³/mol. The van der Waals surface area contributed by atoms with Gasteiger partial charge in [0.1, 0.15) is 0 Å². The fourth-order valence-corrected chi connectivity index (χ4v) is 3.58. The van der Waals surface area contributed by atoms with Crippen molar-refractivity contribution >= 4 is 27.6 Å². The maximum Gasteiger partial charge on any atom is 0.338 e. The first kappa shape index (κ1) is 20.6. The van der Waals surface area contributed by atoms with Gasteiger partial charge >= 0.3 is 5.97 Å². The average molecular weight is 390 g/mol. The molecule has 7 nitrogen and oxygen atoms in total. The molecule has 0 unspecified atom stereocenters. The first-order valence-electron chi connectivity index (χ1n) is 8.34. The Bertz CT molecular complexity index is 939. The van der Waals surface area contributed by atoms with Gasteiger partial charge in [-0.2, -0.15) is 0 Å². The van der Waals surface area contributed by atoms with Crippen molar-refractivity contribution in [1.82, 2.24) is 4.72 Å². The van der Waals surface area contributed by atoms with Gasteiger partial charge in [-0.25, -0.2) is 17.9 Å². The zero-order valence-corrected chi connectivity index (χ0v) is 16.2. The van der Waals surface area contributed by atoms with Crippen molar-refractivity contribution in [1.29, 1.82) is 0 Å². The number of aryl methyl sites for hydroxylation is 1. The molecule has 0 saturated heterocycles. The standard InChI is InChI=1S/C19H22N2O5S/c1-13(2)21-27(24,25)16-9-6-8-15(11-16)19(23)26-12-18(22)20-17-10-5-4-7-14(17)3/h4-11,13,21H,12H2,1-3H3,(H,20,22). The Balaban J connectivity index is 2.01. The molecule has 144 valence electrons. The van der Waals surface area contributed by atoms with Gasteiger partial charge < -0.3 is 10.1 Å². The summed E-state index contributed by atoms with van der Waals surface area (Å²) in [6.07, 6.45) is 0. The lowest BCUT2D eigenvalue weighted by Crippen LogP contribution is -2.30. The third kappa shape index (κ3) is 5.90. The fraction of sp³-hybridized carbons (Fsp3) is 0.263. The quantitative estimate of drug-likeness (QED) is 0.707. The lowest BCUT2D eigenvalue weighted by Gasteiger charge is -2.11. The van der Waals surface area contributed by atoms with Crippen LogP contribution in [0.25, 0.3) is 0 Å². The van der Waals surface area contributed by atoms with E-state index in [1.54, 1.807) is 26.0 Å². The Kier molecular flexibility index (Phi) is 6.70. The Morgan fingerprint density at radius 2 is 1.78 bits per heavy atom. The van der Waals surface area contributed by atoms with Crippen LogP contribution < -0.4 is 10.0 Å². The second-order valence-corrected chi connectivity index (χ2v) is 7.96. The molecular formula is C19H22N2O5S. The lowest BCUT2D eigenvalue weighted by atomic mass is 10.2. The Labute approximate surface area is 158 Å². The number of nitrogens with one attached hydrogen (secondary N) is 2. The number of ether oxygens (including phenoxy) is 1. The van der Waals surface area contributed by atoms with E-state index < -0.39 is 28.5 Å². The molecule has 0 fully saturated rings. The second-order valence-electron chi connectivity index (χ2n) is 6.24. The van der Waals surface area contributed by atoms with Crippen LogP contribution in [0.15, 0.2) is 53.4 Å². The molecule has 0 aromatic heterocycles. The molecule has 2 aromatic rings. The highest BCUT2D eigenvalue weighted by Gasteiger charge is 2.18. The van der Waals surface area contributed by atoms with E-state index in [0.717, 1.165) is 5.56 Å². The normalized spacial score (nSPS) is 11.3. The van der Waals surface area contributed by atoms with E-state index in [1.807, 2.05) is 19.1 Å². The number of benzene rings is 2. The van der Waals surface area contributed by atoms with Crippen LogP contribution in [-0.4, -0.2) is 32.9 Å². The number of carbonyl (C=O) groups excluding carboxylic acids is 2. The molecular weight excluding hydrogens is 368 g/mol. The van der Waals surface area contributed by atoms with Crippen LogP contribution in [0.4, 0.5) is 5.69 Å². The highest BCUT2D eigenvalue weighted by atomic mass is 32.2. The second kappa shape index (κ2) is 8.79. The SMILES string of the molecule is Cc1ccccc1NC(=O)COC(=O)c1cccc(S(=O)(=O)NC(C)C)c1. The maximum atomic E-state index is 12.2. The number of rotatable bonds is 7. The summed E-state index contributed by atoms with van der Waals surface area (Å²) in [7, 11) is -3.73. The van der Waals surface area contributed by atoms with Crippen molar-refractivity contribution < 1.29 is 22.7 Å². The van der Waals surface area contributed by atoms with Gasteiger partial charge in [-0.3, -0.25) is 4.79 Å². The minimum Gasteiger partial charge on any atom is -0.452 e. The highest BCUT2D eigenvalue weighted by Crippen LogP contribution is 2.14. The van der Waals surface area contributed by atoms with Gasteiger partial charge in [0, 0.05) is 11.7 Å². The number of amides is 1. The first-order chi connectivity index (χ1) is 12.7. The predicted octanol–water partition coefficient (Wildman–Crippen LogP) is 2.48. The Morgan fingerprint density at radius 3 is 2.44 bits per heavy atom. The number of anilines is 1. The van der Waals surface area contributed by atoms with E-state index >= 15 is 0 Å². The van der Waals surface area contributed by atoms with Gasteiger partial charge in [-0.05, 0) is 50.6 Å². The minimum absolute atomic E-state index is 0.0463. The van der Waals surface area contributed by atoms with Crippen LogP contribution in [-0.2, 0) is 19.6 Å². The Hall–Kier alpha value is -2.71. The van der Waals surface area contributed by atoms with Gasteiger partial charge in [0.05, 0.1) is 10.5 Å². The molecule has 0 aliphatic carbocycles. The van der Waals surface area contributed by atoms with Gasteiger partial charge in [0.15, 0.2) is 6.61 Å². The van der Waals surface area contributed by atoms with E-state index in [-0.39, 0.29) is 16.5 Å². The molecule has 2 N–H and O–H groups in total. The number of carbonyl (C=O) groups is 2. The fourth-order valence-electron chi connectivity index (χ4n) is 2.28. The van der Waals surface area contributed by atoms with Gasteiger partial charge in [0.2, 0.25) is 10.0 Å². The largest absolute Gasteiger partial charge is 0.452 e. The van der Waals surface area contributed by atoms with Gasteiger partial charge in [-0.15, -0.1) is 0 Å². The van der Waals surface area contributed by atoms with Crippen LogP contribution >= 0.6 is 0 Å². The number of esters is 1. The van der Waals surface area contributed by atoms with Crippen molar-refractivity contribution in [2.24, 2.45) is 0 Å². The van der Waals surface area contributed by atoms with E-state index in [1.165, 1.54) is 24.3 Å². The molecule has 2 aromatic carbocycles. The van der Waals surface area contributed by atoms with Crippen molar-refractivity contribution in [2.75, 3.05) is 11.9 Å². The minimum atomic E-state index is -3.73. The van der Waals surface area contributed by atoms with Crippen molar-refractivity contribution in [3.05, 3.63) is 59.7 Å². The molecule has 0 atom stereocenters. The van der Waals surface area contributed by atoms with Crippen molar-refractivity contribution in [3.63, 3.8) is 0 Å². The molecule has 8 heteroatoms. The molecule has 0 bridgehead atoms. The number of hydrogen-bond donors (Lipinski definition) is 2. The van der Waals surface area contributed by atoms with Crippen LogP contribution in [0.1, 0.15) is 29.8 Å². The lowest BCUT2D eigenvalue weighted by molar-refractivity contribution is -0.119. The first-order valence-corrected chi connectivity index (χ1v) is 9.82. The summed E-state index contributed by atoms with van der Waals surface area (Å²) >= 11 is 0. The monoisotopic (exact) mass is 390 g/mol. The molecule has 0 heterocycles. The van der Waals surface area contributed by atoms with Crippen LogP contribution in [0.5, 0.6) is 0 Å². The summed E-state index contributed by atoms with van der Waals surface area (Å²) in [6, 6.07) is 12.4. The van der Waals surface area contributed by atoms with Crippen LogP contribution in [0, 0.1) is 6.92 Å². The van der Waals surface area contributed by atoms with E-state index in [2.05, 4.69) is 10.0 Å². The molecule has 0 spiro atoms. The molecule has 0 aliphatic rings. The zero-order valence-electron chi connectivity index (χ0n) is 15.4. The molecule has 2 rings (SSSR count). The topological polar surface area (TPSA) is 102 Å². The zero-order chi connectivity index (χ0) is 20.0. The number of sulfonamides is 1. The summed E-state index contributed by atoms with van der Waals surface area (Å²) < 4.78 is 31.8. The van der Waals surface area contributed by atoms with Gasteiger partial charge in [0.25, 0.3) is 5.91 Å². The summed E-state index contributed by atoms with van der Waals surface area (Å²) in [5.41, 5.74) is 1.56. The molecule has 1 amide bonds. The molecule has 0 radical (unpaired) electrons. The highest BCUT2D eigenvalue weighted by molar-refractivity contribution is 7.89. The van der Waals surface area contributed by atoms with E-state index in [0.29, 0.717) is 5.69 Å². The summed E-state index contributed by atoms with van der Waals surface area (Å²) in [5.74, 6) is -1.26. The van der Waals surface area contributed by atoms with Gasteiger partial charge in [-0.1, -0.05) is 24.3 Å². The number of para-hydroxylation sites is 1. The van der Waals surface area contributed by atoms with Crippen molar-refractivity contribution in [3.8, 4) is 0 Å².